The van der Waals surface area contributed by atoms with Gasteiger partial charge >= 0.3 is 0 Å². The molecule has 0 aromatic carbocycles. The summed E-state index contributed by atoms with van der Waals surface area (Å²) in [7, 11) is 1.95. The molecule has 3 heteroatoms. The zero-order valence-corrected chi connectivity index (χ0v) is 10.3. The number of nitrogens with zero attached hydrogens (tertiary/aromatic N) is 2. The van der Waals surface area contributed by atoms with Crippen LogP contribution in [0.3, 0.4) is 0 Å². The van der Waals surface area contributed by atoms with Crippen molar-refractivity contribution in [1.29, 1.82) is 0 Å². The SMILES string of the molecule is Cn1cc(CNC2C(C)(C)C2(C)C)cn1. The largest absolute Gasteiger partial charge is 0.309 e. The van der Waals surface area contributed by atoms with E-state index in [1.54, 1.807) is 0 Å². The first-order chi connectivity index (χ1) is 6.85. The topological polar surface area (TPSA) is 29.9 Å². The highest BCUT2D eigenvalue weighted by Crippen LogP contribution is 2.62. The van der Waals surface area contributed by atoms with Crippen LogP contribution in [0.15, 0.2) is 12.4 Å². The first-order valence-electron chi connectivity index (χ1n) is 5.56. The van der Waals surface area contributed by atoms with Gasteiger partial charge in [-0.2, -0.15) is 5.10 Å². The number of hydrogen-bond donors (Lipinski definition) is 1. The molecule has 0 atom stereocenters. The molecular weight excluding hydrogens is 186 g/mol. The van der Waals surface area contributed by atoms with Crippen LogP contribution in [0.5, 0.6) is 0 Å². The van der Waals surface area contributed by atoms with Crippen molar-refractivity contribution in [3.8, 4) is 0 Å². The highest BCUT2D eigenvalue weighted by atomic mass is 15.2. The lowest BCUT2D eigenvalue weighted by atomic mass is 10.0. The normalized spacial score (nSPS) is 23.0. The van der Waals surface area contributed by atoms with Crippen LogP contribution in [0.1, 0.15) is 33.3 Å². The number of aromatic nitrogens is 2. The molecular formula is C12H21N3. The smallest absolute Gasteiger partial charge is 0.0534 e. The Kier molecular flexibility index (Phi) is 2.19. The van der Waals surface area contributed by atoms with Gasteiger partial charge in [0.25, 0.3) is 0 Å². The summed E-state index contributed by atoms with van der Waals surface area (Å²) in [6, 6.07) is 0.616. The molecule has 1 aliphatic carbocycles. The Morgan fingerprint density at radius 2 is 1.93 bits per heavy atom. The van der Waals surface area contributed by atoms with Gasteiger partial charge in [0.15, 0.2) is 0 Å². The molecule has 1 fully saturated rings. The van der Waals surface area contributed by atoms with Crippen molar-refractivity contribution in [3.63, 3.8) is 0 Å². The molecule has 2 rings (SSSR count). The van der Waals surface area contributed by atoms with Gasteiger partial charge in [0.05, 0.1) is 6.20 Å². The second-order valence-corrected chi connectivity index (χ2v) is 5.78. The summed E-state index contributed by atoms with van der Waals surface area (Å²) in [5, 5.41) is 7.78. The minimum absolute atomic E-state index is 0.412. The van der Waals surface area contributed by atoms with Crippen molar-refractivity contribution < 1.29 is 0 Å². The van der Waals surface area contributed by atoms with E-state index in [1.807, 2.05) is 17.9 Å². The molecule has 1 saturated carbocycles. The van der Waals surface area contributed by atoms with Gasteiger partial charge in [0.2, 0.25) is 0 Å². The van der Waals surface area contributed by atoms with Gasteiger partial charge < -0.3 is 5.32 Å². The van der Waals surface area contributed by atoms with Crippen LogP contribution in [0, 0.1) is 10.8 Å². The Hall–Kier alpha value is -0.830. The lowest BCUT2D eigenvalue weighted by molar-refractivity contribution is 0.457. The zero-order valence-electron chi connectivity index (χ0n) is 10.3. The van der Waals surface area contributed by atoms with Gasteiger partial charge in [-0.3, -0.25) is 4.68 Å². The predicted octanol–water partition coefficient (Wildman–Crippen LogP) is 1.94. The maximum absolute atomic E-state index is 4.16. The Bertz CT molecular complexity index is 349. The maximum Gasteiger partial charge on any atom is 0.0534 e. The number of nitrogens with one attached hydrogen (secondary N) is 1. The third-order valence-corrected chi connectivity index (χ3v) is 4.29. The number of rotatable bonds is 3. The Balaban J connectivity index is 1.91. The van der Waals surface area contributed by atoms with E-state index < -0.39 is 0 Å². The van der Waals surface area contributed by atoms with Crippen LogP contribution in [-0.2, 0) is 13.6 Å². The second-order valence-electron chi connectivity index (χ2n) is 5.78. The van der Waals surface area contributed by atoms with E-state index in [4.69, 9.17) is 0 Å². The Morgan fingerprint density at radius 1 is 1.33 bits per heavy atom. The molecule has 0 bridgehead atoms. The quantitative estimate of drug-likeness (QED) is 0.821. The first kappa shape index (κ1) is 10.7. The van der Waals surface area contributed by atoms with Crippen LogP contribution in [0.4, 0.5) is 0 Å². The third-order valence-electron chi connectivity index (χ3n) is 4.29. The highest BCUT2D eigenvalue weighted by Gasteiger charge is 2.64. The van der Waals surface area contributed by atoms with E-state index >= 15 is 0 Å². The van der Waals surface area contributed by atoms with E-state index in [0.29, 0.717) is 16.9 Å². The van der Waals surface area contributed by atoms with Crippen molar-refractivity contribution in [2.45, 2.75) is 40.3 Å². The number of hydrogen-bond acceptors (Lipinski definition) is 2. The van der Waals surface area contributed by atoms with Crippen molar-refractivity contribution in [1.82, 2.24) is 15.1 Å². The minimum Gasteiger partial charge on any atom is -0.309 e. The molecule has 15 heavy (non-hydrogen) atoms. The zero-order chi connectivity index (χ0) is 11.3. The molecule has 0 aliphatic heterocycles. The average molecular weight is 207 g/mol. The summed E-state index contributed by atoms with van der Waals surface area (Å²) in [4.78, 5) is 0. The Labute approximate surface area is 91.9 Å². The van der Waals surface area contributed by atoms with Gasteiger partial charge in [-0.1, -0.05) is 27.7 Å². The van der Waals surface area contributed by atoms with Crippen molar-refractivity contribution in [2.24, 2.45) is 17.9 Å². The lowest BCUT2D eigenvalue weighted by Crippen LogP contribution is -2.21. The van der Waals surface area contributed by atoms with Gasteiger partial charge in [-0.25, -0.2) is 0 Å². The number of aryl methyl sites for hydroxylation is 1. The average Bonchev–Trinajstić information content (AvgIpc) is 2.50. The van der Waals surface area contributed by atoms with E-state index in [2.05, 4.69) is 44.3 Å². The van der Waals surface area contributed by atoms with Crippen LogP contribution in [0.2, 0.25) is 0 Å². The van der Waals surface area contributed by atoms with Gasteiger partial charge in [0.1, 0.15) is 0 Å². The molecule has 1 aliphatic rings. The molecule has 1 N–H and O–H groups in total. The molecule has 0 radical (unpaired) electrons. The minimum atomic E-state index is 0.412. The van der Waals surface area contributed by atoms with E-state index in [-0.39, 0.29) is 0 Å². The van der Waals surface area contributed by atoms with Crippen molar-refractivity contribution >= 4 is 0 Å². The monoisotopic (exact) mass is 207 g/mol. The summed E-state index contributed by atoms with van der Waals surface area (Å²) in [6.07, 6.45) is 3.99. The van der Waals surface area contributed by atoms with Crippen LogP contribution < -0.4 is 5.32 Å². The van der Waals surface area contributed by atoms with Crippen LogP contribution in [0.25, 0.3) is 0 Å². The molecule has 0 saturated heterocycles. The fourth-order valence-corrected chi connectivity index (χ4v) is 2.49. The van der Waals surface area contributed by atoms with Crippen molar-refractivity contribution in [3.05, 3.63) is 18.0 Å². The van der Waals surface area contributed by atoms with Crippen LogP contribution in [-0.4, -0.2) is 15.8 Å². The molecule has 0 unspecified atom stereocenters. The van der Waals surface area contributed by atoms with Crippen molar-refractivity contribution in [2.75, 3.05) is 0 Å². The fourth-order valence-electron chi connectivity index (χ4n) is 2.49. The standard InChI is InChI=1S/C12H21N3/c1-11(2)10(12(11,3)4)13-6-9-7-14-15(5)8-9/h7-8,10,13H,6H2,1-5H3. The summed E-state index contributed by atoms with van der Waals surface area (Å²) in [6.45, 7) is 10.2. The predicted molar refractivity (Wildman–Crippen MR) is 61.4 cm³/mol. The van der Waals surface area contributed by atoms with E-state index in [1.165, 1.54) is 5.56 Å². The first-order valence-corrected chi connectivity index (χ1v) is 5.56. The second kappa shape index (κ2) is 3.08. The van der Waals surface area contributed by atoms with Gasteiger partial charge in [-0.15, -0.1) is 0 Å². The molecule has 1 aromatic rings. The molecule has 1 heterocycles. The molecule has 0 amide bonds. The van der Waals surface area contributed by atoms with Crippen LogP contribution >= 0.6 is 0 Å². The molecule has 1 aromatic heterocycles. The molecule has 0 spiro atoms. The van der Waals surface area contributed by atoms with Gasteiger partial charge in [-0.05, 0) is 10.8 Å². The van der Waals surface area contributed by atoms with E-state index in [0.717, 1.165) is 6.54 Å². The highest BCUT2D eigenvalue weighted by molar-refractivity contribution is 5.18. The summed E-state index contributed by atoms with van der Waals surface area (Å²) in [5.74, 6) is 0. The summed E-state index contributed by atoms with van der Waals surface area (Å²) >= 11 is 0. The van der Waals surface area contributed by atoms with E-state index in [9.17, 15) is 0 Å². The summed E-state index contributed by atoms with van der Waals surface area (Å²) < 4.78 is 1.85. The molecule has 3 nitrogen and oxygen atoms in total. The Morgan fingerprint density at radius 3 is 2.33 bits per heavy atom. The molecule has 84 valence electrons. The maximum atomic E-state index is 4.16. The third kappa shape index (κ3) is 1.59. The fraction of sp³-hybridized carbons (Fsp3) is 0.750. The summed E-state index contributed by atoms with van der Waals surface area (Å²) in [5.41, 5.74) is 2.08. The van der Waals surface area contributed by atoms with Gasteiger partial charge in [0, 0.05) is 31.4 Å². The lowest BCUT2D eigenvalue weighted by Gasteiger charge is -2.03.